The van der Waals surface area contributed by atoms with Crippen molar-refractivity contribution in [1.82, 2.24) is 0 Å². The molecule has 0 heterocycles. The molecule has 0 amide bonds. The van der Waals surface area contributed by atoms with Gasteiger partial charge in [0.15, 0.2) is 0 Å². The molecule has 182 valence electrons. The van der Waals surface area contributed by atoms with Gasteiger partial charge in [-0.1, -0.05) is 102 Å². The molecule has 0 rings (SSSR count). The van der Waals surface area contributed by atoms with E-state index in [1.165, 1.54) is 64.2 Å². The van der Waals surface area contributed by atoms with Crippen molar-refractivity contribution in [3.63, 3.8) is 0 Å². The van der Waals surface area contributed by atoms with Crippen molar-refractivity contribution in [2.45, 2.75) is 140 Å². The van der Waals surface area contributed by atoms with Gasteiger partial charge in [-0.15, -0.1) is 0 Å². The van der Waals surface area contributed by atoms with Crippen LogP contribution in [0, 0.1) is 53.3 Å². The Morgan fingerprint density at radius 1 is 0.267 bits per heavy atom. The van der Waals surface area contributed by atoms with E-state index in [2.05, 4.69) is 76.2 Å². The first-order valence-corrected chi connectivity index (χ1v) is 13.9. The van der Waals surface area contributed by atoms with Crippen molar-refractivity contribution in [2.24, 2.45) is 53.3 Å². The normalized spacial score (nSPS) is 19.5. The van der Waals surface area contributed by atoms with Crippen LogP contribution in [-0.4, -0.2) is 0 Å². The summed E-state index contributed by atoms with van der Waals surface area (Å²) in [6.45, 7) is 26.8. The quantitative estimate of drug-likeness (QED) is 0.206. The van der Waals surface area contributed by atoms with Gasteiger partial charge in [-0.3, -0.25) is 0 Å². The summed E-state index contributed by atoms with van der Waals surface area (Å²) in [5, 5.41) is 0. The molecule has 0 saturated heterocycles. The van der Waals surface area contributed by atoms with Crippen LogP contribution >= 0.6 is 0 Å². The molecular formula is C30H62. The van der Waals surface area contributed by atoms with Gasteiger partial charge in [-0.25, -0.2) is 0 Å². The SMILES string of the molecule is CC(C)CC(C)CC(C)CCC(C)CC(C)CC(C)CCC(C)CC(C)CC(C)C. The molecule has 0 radical (unpaired) electrons. The molecular weight excluding hydrogens is 360 g/mol. The minimum Gasteiger partial charge on any atom is -0.0628 e. The van der Waals surface area contributed by atoms with E-state index < -0.39 is 0 Å². The maximum Gasteiger partial charge on any atom is -0.0438 e. The van der Waals surface area contributed by atoms with Crippen molar-refractivity contribution in [1.29, 1.82) is 0 Å². The van der Waals surface area contributed by atoms with Gasteiger partial charge in [0, 0.05) is 0 Å². The van der Waals surface area contributed by atoms with Gasteiger partial charge >= 0.3 is 0 Å². The Balaban J connectivity index is 4.00. The molecule has 0 aromatic rings. The molecule has 30 heavy (non-hydrogen) atoms. The summed E-state index contributed by atoms with van der Waals surface area (Å²) in [6, 6.07) is 0. The third kappa shape index (κ3) is 17.7. The van der Waals surface area contributed by atoms with E-state index in [9.17, 15) is 0 Å². The van der Waals surface area contributed by atoms with Crippen LogP contribution in [0.3, 0.4) is 0 Å². The van der Waals surface area contributed by atoms with Gasteiger partial charge in [-0.2, -0.15) is 0 Å². The maximum absolute atomic E-state index is 2.51. The lowest BCUT2D eigenvalue weighted by Gasteiger charge is -2.24. The van der Waals surface area contributed by atoms with Gasteiger partial charge in [-0.05, 0) is 91.8 Å². The molecule has 0 aromatic carbocycles. The van der Waals surface area contributed by atoms with E-state index >= 15 is 0 Å². The van der Waals surface area contributed by atoms with Crippen LogP contribution in [0.5, 0.6) is 0 Å². The van der Waals surface area contributed by atoms with Crippen LogP contribution in [0.15, 0.2) is 0 Å². The summed E-state index contributed by atoms with van der Waals surface area (Å²) in [5.41, 5.74) is 0. The zero-order valence-electron chi connectivity index (χ0n) is 23.3. The Labute approximate surface area is 193 Å². The highest BCUT2D eigenvalue weighted by atomic mass is 14.2. The number of hydrogen-bond donors (Lipinski definition) is 0. The molecule has 0 aliphatic heterocycles. The van der Waals surface area contributed by atoms with Gasteiger partial charge in [0.2, 0.25) is 0 Å². The Morgan fingerprint density at radius 3 is 0.667 bits per heavy atom. The monoisotopic (exact) mass is 422 g/mol. The van der Waals surface area contributed by atoms with E-state index in [4.69, 9.17) is 0 Å². The Bertz CT molecular complexity index is 345. The highest BCUT2D eigenvalue weighted by Gasteiger charge is 2.17. The summed E-state index contributed by atoms with van der Waals surface area (Å²) in [5.74, 6) is 7.96. The second kappa shape index (κ2) is 16.6. The third-order valence-corrected chi connectivity index (χ3v) is 7.27. The summed E-state index contributed by atoms with van der Waals surface area (Å²) in [6.07, 6.45) is 14.2. The molecule has 0 bridgehead atoms. The second-order valence-electron chi connectivity index (χ2n) is 13.1. The highest BCUT2D eigenvalue weighted by Crippen LogP contribution is 2.29. The number of rotatable bonds is 18. The van der Waals surface area contributed by atoms with Crippen molar-refractivity contribution < 1.29 is 0 Å². The van der Waals surface area contributed by atoms with Crippen LogP contribution in [0.1, 0.15) is 140 Å². The van der Waals surface area contributed by atoms with Gasteiger partial charge in [0.25, 0.3) is 0 Å². The van der Waals surface area contributed by atoms with Crippen molar-refractivity contribution in [3.8, 4) is 0 Å². The predicted octanol–water partition coefficient (Wildman–Crippen LogP) is 10.7. The van der Waals surface area contributed by atoms with E-state index in [1.54, 1.807) is 0 Å². The molecule has 0 spiro atoms. The second-order valence-corrected chi connectivity index (χ2v) is 13.1. The molecule has 0 aliphatic carbocycles. The van der Waals surface area contributed by atoms with E-state index in [1.807, 2.05) is 0 Å². The summed E-state index contributed by atoms with van der Waals surface area (Å²) >= 11 is 0. The molecule has 0 saturated carbocycles. The van der Waals surface area contributed by atoms with Crippen molar-refractivity contribution >= 4 is 0 Å². The fourth-order valence-electron chi connectivity index (χ4n) is 6.26. The first kappa shape index (κ1) is 30.0. The first-order valence-electron chi connectivity index (χ1n) is 13.9. The van der Waals surface area contributed by atoms with Crippen LogP contribution in [0.25, 0.3) is 0 Å². The topological polar surface area (TPSA) is 0 Å². The van der Waals surface area contributed by atoms with E-state index in [0.29, 0.717) is 0 Å². The molecule has 0 aliphatic rings. The minimum atomic E-state index is 0.848. The molecule has 0 fully saturated rings. The molecule has 0 nitrogen and oxygen atoms in total. The average Bonchev–Trinajstić information content (AvgIpc) is 2.56. The van der Waals surface area contributed by atoms with Crippen LogP contribution in [-0.2, 0) is 0 Å². The third-order valence-electron chi connectivity index (χ3n) is 7.27. The Kier molecular flexibility index (Phi) is 16.6. The van der Waals surface area contributed by atoms with Gasteiger partial charge in [0.05, 0.1) is 0 Å². The fraction of sp³-hybridized carbons (Fsp3) is 1.00. The van der Waals surface area contributed by atoms with E-state index in [0.717, 1.165) is 53.3 Å². The summed E-state index contributed by atoms with van der Waals surface area (Å²) in [7, 11) is 0. The summed E-state index contributed by atoms with van der Waals surface area (Å²) < 4.78 is 0. The average molecular weight is 423 g/mol. The maximum atomic E-state index is 2.51. The van der Waals surface area contributed by atoms with E-state index in [-0.39, 0.29) is 0 Å². The molecule has 0 heteroatoms. The lowest BCUT2D eigenvalue weighted by molar-refractivity contribution is 0.279. The molecule has 6 unspecified atom stereocenters. The zero-order valence-corrected chi connectivity index (χ0v) is 23.3. The van der Waals surface area contributed by atoms with Crippen LogP contribution in [0.4, 0.5) is 0 Å². The Morgan fingerprint density at radius 2 is 0.467 bits per heavy atom. The lowest BCUT2D eigenvalue weighted by atomic mass is 9.82. The first-order chi connectivity index (χ1) is 13.9. The molecule has 0 N–H and O–H groups in total. The minimum absolute atomic E-state index is 0.848. The standard InChI is InChI=1S/C30H62/c1-22(2)16-28(9)18-24(5)12-14-26(7)20-30(11)21-27(8)15-13-25(6)19-29(10)17-23(3)4/h22-30H,12-21H2,1-11H3. The smallest absolute Gasteiger partial charge is 0.0438 e. The largest absolute Gasteiger partial charge is 0.0628 e. The molecule has 0 aromatic heterocycles. The molecule has 6 atom stereocenters. The fourth-order valence-corrected chi connectivity index (χ4v) is 6.26. The highest BCUT2D eigenvalue weighted by molar-refractivity contribution is 4.69. The van der Waals surface area contributed by atoms with Crippen molar-refractivity contribution in [2.75, 3.05) is 0 Å². The van der Waals surface area contributed by atoms with Gasteiger partial charge in [0.1, 0.15) is 0 Å². The van der Waals surface area contributed by atoms with Crippen LogP contribution < -0.4 is 0 Å². The lowest BCUT2D eigenvalue weighted by Crippen LogP contribution is -2.12. The van der Waals surface area contributed by atoms with Gasteiger partial charge < -0.3 is 0 Å². The number of hydrogen-bond acceptors (Lipinski definition) is 0. The zero-order chi connectivity index (χ0) is 23.3. The summed E-state index contributed by atoms with van der Waals surface area (Å²) in [4.78, 5) is 0. The van der Waals surface area contributed by atoms with Crippen molar-refractivity contribution in [3.05, 3.63) is 0 Å². The van der Waals surface area contributed by atoms with Crippen LogP contribution in [0.2, 0.25) is 0 Å². The Hall–Kier alpha value is 0. The predicted molar refractivity (Wildman–Crippen MR) is 140 cm³/mol.